The van der Waals surface area contributed by atoms with E-state index in [9.17, 15) is 4.79 Å². The van der Waals surface area contributed by atoms with Crippen LogP contribution in [0.3, 0.4) is 0 Å². The summed E-state index contributed by atoms with van der Waals surface area (Å²) in [5, 5.41) is 8.66. The second kappa shape index (κ2) is 6.31. The largest absolute Gasteiger partial charge is 0.481 e. The van der Waals surface area contributed by atoms with E-state index in [-0.39, 0.29) is 11.8 Å². The Balaban J connectivity index is 0.00000106. The third-order valence-corrected chi connectivity index (χ3v) is 2.15. The average Bonchev–Trinajstić information content (AvgIpc) is 2.19. The lowest BCUT2D eigenvalue weighted by molar-refractivity contribution is -0.136. The van der Waals surface area contributed by atoms with Gasteiger partial charge in [-0.25, -0.2) is 0 Å². The zero-order valence-corrected chi connectivity index (χ0v) is 10.9. The first-order valence-electron chi connectivity index (χ1n) is 5.71. The first-order valence-corrected chi connectivity index (χ1v) is 5.71. The van der Waals surface area contributed by atoms with Crippen molar-refractivity contribution < 1.29 is 9.90 Å². The number of aliphatic carboxylic acids is 1. The molecule has 0 radical (unpaired) electrons. The molecule has 2 nitrogen and oxygen atoms in total. The van der Waals surface area contributed by atoms with E-state index in [1.54, 1.807) is 0 Å². The standard InChI is InChI=1S/C12H16O2.C2H6/c1-12(2,3)10-6-4-5-9(7-10)8-11(13)14;1-2/h4-7H,8H2,1-3H3,(H,13,14);1-2H3. The van der Waals surface area contributed by atoms with Gasteiger partial charge in [0.25, 0.3) is 0 Å². The lowest BCUT2D eigenvalue weighted by atomic mass is 9.86. The van der Waals surface area contributed by atoms with Crippen LogP contribution in [0.15, 0.2) is 24.3 Å². The molecule has 0 unspecified atom stereocenters. The Morgan fingerprint density at radius 1 is 1.25 bits per heavy atom. The normalized spacial score (nSPS) is 10.3. The van der Waals surface area contributed by atoms with Crippen molar-refractivity contribution in [3.05, 3.63) is 35.4 Å². The molecule has 1 aromatic carbocycles. The van der Waals surface area contributed by atoms with Crippen molar-refractivity contribution in [3.8, 4) is 0 Å². The summed E-state index contributed by atoms with van der Waals surface area (Å²) in [6.07, 6.45) is 0.101. The van der Waals surface area contributed by atoms with Crippen molar-refractivity contribution >= 4 is 5.97 Å². The Morgan fingerprint density at radius 3 is 2.25 bits per heavy atom. The van der Waals surface area contributed by atoms with Gasteiger partial charge < -0.3 is 5.11 Å². The van der Waals surface area contributed by atoms with E-state index in [4.69, 9.17) is 5.11 Å². The number of carboxylic acids is 1. The Bertz CT molecular complexity index is 335. The van der Waals surface area contributed by atoms with E-state index < -0.39 is 5.97 Å². The molecule has 0 aliphatic carbocycles. The predicted octanol–water partition coefficient (Wildman–Crippen LogP) is 3.64. The van der Waals surface area contributed by atoms with Crippen LogP contribution in [0.4, 0.5) is 0 Å². The third kappa shape index (κ3) is 4.96. The minimum absolute atomic E-state index is 0.0779. The second-order valence-corrected chi connectivity index (χ2v) is 4.52. The maximum atomic E-state index is 10.5. The highest BCUT2D eigenvalue weighted by Crippen LogP contribution is 2.22. The molecule has 1 rings (SSSR count). The van der Waals surface area contributed by atoms with Crippen molar-refractivity contribution in [1.82, 2.24) is 0 Å². The molecule has 1 aromatic rings. The van der Waals surface area contributed by atoms with Gasteiger partial charge in [0.15, 0.2) is 0 Å². The Kier molecular flexibility index (Phi) is 5.79. The van der Waals surface area contributed by atoms with Crippen molar-refractivity contribution in [2.45, 2.75) is 46.5 Å². The highest BCUT2D eigenvalue weighted by molar-refractivity contribution is 5.70. The molecule has 0 saturated heterocycles. The van der Waals surface area contributed by atoms with Gasteiger partial charge in [-0.15, -0.1) is 0 Å². The van der Waals surface area contributed by atoms with E-state index in [1.165, 1.54) is 5.56 Å². The van der Waals surface area contributed by atoms with Crippen molar-refractivity contribution in [3.63, 3.8) is 0 Å². The highest BCUT2D eigenvalue weighted by atomic mass is 16.4. The minimum Gasteiger partial charge on any atom is -0.481 e. The van der Waals surface area contributed by atoms with Gasteiger partial charge in [0.1, 0.15) is 0 Å². The molecule has 0 aliphatic rings. The molecular formula is C14H22O2. The molecule has 0 saturated carbocycles. The van der Waals surface area contributed by atoms with Crippen LogP contribution < -0.4 is 0 Å². The fraction of sp³-hybridized carbons (Fsp3) is 0.500. The summed E-state index contributed by atoms with van der Waals surface area (Å²) < 4.78 is 0. The number of carboxylic acid groups (broad SMARTS) is 1. The Hall–Kier alpha value is -1.31. The Morgan fingerprint density at radius 2 is 1.81 bits per heavy atom. The van der Waals surface area contributed by atoms with Crippen molar-refractivity contribution in [1.29, 1.82) is 0 Å². The van der Waals surface area contributed by atoms with Gasteiger partial charge in [-0.05, 0) is 16.5 Å². The van der Waals surface area contributed by atoms with Crippen molar-refractivity contribution in [2.75, 3.05) is 0 Å². The quantitative estimate of drug-likeness (QED) is 0.829. The molecule has 1 N–H and O–H groups in total. The molecule has 2 heteroatoms. The maximum Gasteiger partial charge on any atom is 0.307 e. The van der Waals surface area contributed by atoms with Crippen LogP contribution in [0.25, 0.3) is 0 Å². The molecule has 0 bridgehead atoms. The maximum absolute atomic E-state index is 10.5. The number of hydrogen-bond donors (Lipinski definition) is 1. The van der Waals surface area contributed by atoms with Crippen LogP contribution in [-0.4, -0.2) is 11.1 Å². The predicted molar refractivity (Wildman–Crippen MR) is 67.8 cm³/mol. The first kappa shape index (κ1) is 14.7. The van der Waals surface area contributed by atoms with Gasteiger partial charge in [-0.3, -0.25) is 4.79 Å². The summed E-state index contributed by atoms with van der Waals surface area (Å²) in [6, 6.07) is 7.77. The molecule has 0 atom stereocenters. The fourth-order valence-corrected chi connectivity index (χ4v) is 1.32. The van der Waals surface area contributed by atoms with Crippen LogP contribution in [-0.2, 0) is 16.6 Å². The first-order chi connectivity index (χ1) is 7.39. The molecule has 0 heterocycles. The van der Waals surface area contributed by atoms with Crippen molar-refractivity contribution in [2.24, 2.45) is 0 Å². The molecular weight excluding hydrogens is 200 g/mol. The van der Waals surface area contributed by atoms with Crippen LogP contribution in [0, 0.1) is 0 Å². The van der Waals surface area contributed by atoms with Gasteiger partial charge in [0, 0.05) is 0 Å². The molecule has 0 aliphatic heterocycles. The fourth-order valence-electron chi connectivity index (χ4n) is 1.32. The summed E-state index contributed by atoms with van der Waals surface area (Å²) in [4.78, 5) is 10.5. The number of carbonyl (C=O) groups is 1. The number of benzene rings is 1. The van der Waals surface area contributed by atoms with E-state index in [0.717, 1.165) is 5.56 Å². The van der Waals surface area contributed by atoms with Crippen LogP contribution in [0.1, 0.15) is 45.7 Å². The van der Waals surface area contributed by atoms with Crippen LogP contribution >= 0.6 is 0 Å². The van der Waals surface area contributed by atoms with E-state index in [0.29, 0.717) is 0 Å². The third-order valence-electron chi connectivity index (χ3n) is 2.15. The smallest absolute Gasteiger partial charge is 0.307 e. The van der Waals surface area contributed by atoms with Gasteiger partial charge in [-0.2, -0.15) is 0 Å². The van der Waals surface area contributed by atoms with E-state index in [1.807, 2.05) is 38.1 Å². The SMILES string of the molecule is CC.CC(C)(C)c1cccc(CC(=O)O)c1. The van der Waals surface area contributed by atoms with Crippen LogP contribution in [0.5, 0.6) is 0 Å². The Labute approximate surface area is 98.3 Å². The molecule has 0 fully saturated rings. The molecule has 16 heavy (non-hydrogen) atoms. The highest BCUT2D eigenvalue weighted by Gasteiger charge is 2.13. The molecule has 0 spiro atoms. The number of hydrogen-bond acceptors (Lipinski definition) is 1. The molecule has 90 valence electrons. The molecule has 0 aromatic heterocycles. The summed E-state index contributed by atoms with van der Waals surface area (Å²) in [5.74, 6) is -0.781. The van der Waals surface area contributed by atoms with E-state index in [2.05, 4.69) is 20.8 Å². The zero-order valence-electron chi connectivity index (χ0n) is 10.9. The van der Waals surface area contributed by atoms with Gasteiger partial charge in [0.05, 0.1) is 6.42 Å². The lowest BCUT2D eigenvalue weighted by Gasteiger charge is -2.19. The summed E-state index contributed by atoms with van der Waals surface area (Å²) in [7, 11) is 0. The zero-order chi connectivity index (χ0) is 12.8. The topological polar surface area (TPSA) is 37.3 Å². The summed E-state index contributed by atoms with van der Waals surface area (Å²) in [6.45, 7) is 10.4. The van der Waals surface area contributed by atoms with Gasteiger partial charge in [-0.1, -0.05) is 58.9 Å². The lowest BCUT2D eigenvalue weighted by Crippen LogP contribution is -2.11. The van der Waals surface area contributed by atoms with Crippen LogP contribution in [0.2, 0.25) is 0 Å². The number of rotatable bonds is 2. The molecule has 0 amide bonds. The average molecular weight is 222 g/mol. The monoisotopic (exact) mass is 222 g/mol. The second-order valence-electron chi connectivity index (χ2n) is 4.52. The minimum atomic E-state index is -0.781. The van der Waals surface area contributed by atoms with Gasteiger partial charge >= 0.3 is 5.97 Å². The summed E-state index contributed by atoms with van der Waals surface area (Å²) in [5.41, 5.74) is 2.12. The van der Waals surface area contributed by atoms with Gasteiger partial charge in [0.2, 0.25) is 0 Å². The summed E-state index contributed by atoms with van der Waals surface area (Å²) >= 11 is 0. The van der Waals surface area contributed by atoms with E-state index >= 15 is 0 Å².